The van der Waals surface area contributed by atoms with E-state index in [9.17, 15) is 0 Å². The number of ether oxygens (including phenoxy) is 1. The number of aryl methyl sites for hydroxylation is 1. The van der Waals surface area contributed by atoms with Gasteiger partial charge in [0.25, 0.3) is 0 Å². The summed E-state index contributed by atoms with van der Waals surface area (Å²) in [4.78, 5) is 7.20. The first-order valence-corrected chi connectivity index (χ1v) is 9.46. The molecule has 3 heterocycles. The van der Waals surface area contributed by atoms with Gasteiger partial charge in [-0.2, -0.15) is 0 Å². The van der Waals surface area contributed by atoms with Gasteiger partial charge < -0.3 is 4.74 Å². The molecule has 1 saturated heterocycles. The van der Waals surface area contributed by atoms with Crippen molar-refractivity contribution in [3.05, 3.63) is 41.1 Å². The number of fused-ring (bicyclic) bond motifs is 3. The van der Waals surface area contributed by atoms with E-state index >= 15 is 0 Å². The second-order valence-corrected chi connectivity index (χ2v) is 6.98. The lowest BCUT2D eigenvalue weighted by Crippen LogP contribution is -2.37. The second-order valence-electron chi connectivity index (χ2n) is 6.98. The van der Waals surface area contributed by atoms with Crippen LogP contribution in [0.3, 0.4) is 0 Å². The van der Waals surface area contributed by atoms with Crippen LogP contribution in [0.15, 0.2) is 29.8 Å². The Bertz CT molecular complexity index is 809. The van der Waals surface area contributed by atoms with Crippen molar-refractivity contribution in [1.29, 1.82) is 0 Å². The summed E-state index contributed by atoms with van der Waals surface area (Å²) >= 11 is 0. The molecule has 0 unspecified atom stereocenters. The Labute approximate surface area is 151 Å². The molecule has 0 saturated carbocycles. The van der Waals surface area contributed by atoms with Gasteiger partial charge in [-0.3, -0.25) is 9.88 Å². The molecule has 2 aromatic rings. The molecule has 4 rings (SSSR count). The van der Waals surface area contributed by atoms with E-state index < -0.39 is 0 Å². The topological polar surface area (TPSA) is 25.4 Å². The van der Waals surface area contributed by atoms with E-state index in [1.165, 1.54) is 24.0 Å². The number of benzene rings is 1. The minimum absolute atomic E-state index is 0.623. The summed E-state index contributed by atoms with van der Waals surface area (Å²) in [5.41, 5.74) is 6.42. The molecule has 1 aromatic heterocycles. The summed E-state index contributed by atoms with van der Waals surface area (Å²) in [5, 5.41) is 1.11. The van der Waals surface area contributed by atoms with Crippen LogP contribution < -0.4 is 4.74 Å². The summed E-state index contributed by atoms with van der Waals surface area (Å²) in [5.74, 6) is 0.920. The van der Waals surface area contributed by atoms with Crippen molar-refractivity contribution in [3.8, 4) is 5.75 Å². The molecule has 0 radical (unpaired) electrons. The van der Waals surface area contributed by atoms with E-state index in [1.54, 1.807) is 12.7 Å². The zero-order valence-electron chi connectivity index (χ0n) is 16.4. The number of nitrogens with zero attached hydrogens (tertiary/aromatic N) is 2. The van der Waals surface area contributed by atoms with Gasteiger partial charge in [0.1, 0.15) is 5.75 Å². The predicted molar refractivity (Wildman–Crippen MR) is 106 cm³/mol. The van der Waals surface area contributed by atoms with E-state index in [2.05, 4.69) is 42.1 Å². The highest BCUT2D eigenvalue weighted by Gasteiger charge is 2.37. The van der Waals surface area contributed by atoms with E-state index in [0.29, 0.717) is 12.1 Å². The van der Waals surface area contributed by atoms with Gasteiger partial charge in [0.2, 0.25) is 0 Å². The largest absolute Gasteiger partial charge is 0.496 e. The van der Waals surface area contributed by atoms with E-state index in [4.69, 9.17) is 4.74 Å². The van der Waals surface area contributed by atoms with Crippen LogP contribution in [-0.2, 0) is 0 Å². The van der Waals surface area contributed by atoms with Gasteiger partial charge in [0.15, 0.2) is 0 Å². The second kappa shape index (κ2) is 7.17. The van der Waals surface area contributed by atoms with Crippen molar-refractivity contribution >= 4 is 16.5 Å². The molecule has 2 bridgehead atoms. The van der Waals surface area contributed by atoms with Crippen molar-refractivity contribution in [2.24, 2.45) is 0 Å². The molecule has 0 amide bonds. The fourth-order valence-electron chi connectivity index (χ4n) is 4.40. The summed E-state index contributed by atoms with van der Waals surface area (Å²) in [6.45, 7) is 8.32. The normalized spacial score (nSPS) is 22.8. The molecule has 134 valence electrons. The lowest BCUT2D eigenvalue weighted by Gasteiger charge is -2.34. The Balaban J connectivity index is 0.000000880. The third kappa shape index (κ3) is 3.06. The third-order valence-electron chi connectivity index (χ3n) is 5.72. The van der Waals surface area contributed by atoms with Crippen molar-refractivity contribution < 1.29 is 4.74 Å². The van der Waals surface area contributed by atoms with Crippen LogP contribution in [0.5, 0.6) is 5.75 Å². The summed E-state index contributed by atoms with van der Waals surface area (Å²) in [7, 11) is 4.01. The Morgan fingerprint density at radius 3 is 2.60 bits per heavy atom. The lowest BCUT2D eigenvalue weighted by molar-refractivity contribution is 0.255. The Hall–Kier alpha value is -1.87. The number of pyridine rings is 1. The SMILES string of the molecule is CC.COc1cc(C)nc2ccc(C3=C(C)[C@@H]4CC[C@H](C3)N4C)cc12. The monoisotopic (exact) mass is 338 g/mol. The van der Waals surface area contributed by atoms with Crippen LogP contribution in [-0.4, -0.2) is 36.1 Å². The molecule has 25 heavy (non-hydrogen) atoms. The first kappa shape index (κ1) is 17.9. The Kier molecular flexibility index (Phi) is 5.14. The number of likely N-dealkylation sites (N-methyl/N-ethyl adjacent to an activating group) is 1. The average molecular weight is 338 g/mol. The zero-order valence-corrected chi connectivity index (χ0v) is 16.4. The summed E-state index contributed by atoms with van der Waals surface area (Å²) in [6, 6.07) is 9.99. The maximum absolute atomic E-state index is 5.58. The van der Waals surface area contributed by atoms with Crippen molar-refractivity contribution in [2.75, 3.05) is 14.2 Å². The lowest BCUT2D eigenvalue weighted by atomic mass is 9.89. The maximum atomic E-state index is 5.58. The van der Waals surface area contributed by atoms with Crippen LogP contribution in [0.25, 0.3) is 16.5 Å². The Morgan fingerprint density at radius 1 is 1.12 bits per heavy atom. The maximum Gasteiger partial charge on any atom is 0.130 e. The number of hydrogen-bond donors (Lipinski definition) is 0. The number of rotatable bonds is 2. The highest BCUT2D eigenvalue weighted by atomic mass is 16.5. The number of hydrogen-bond acceptors (Lipinski definition) is 3. The van der Waals surface area contributed by atoms with Crippen molar-refractivity contribution in [3.63, 3.8) is 0 Å². The number of methoxy groups -OCH3 is 1. The Morgan fingerprint density at radius 2 is 1.88 bits per heavy atom. The molecule has 0 N–H and O–H groups in total. The van der Waals surface area contributed by atoms with Crippen molar-refractivity contribution in [1.82, 2.24) is 9.88 Å². The van der Waals surface area contributed by atoms with Crippen LogP contribution in [0.2, 0.25) is 0 Å². The summed E-state index contributed by atoms with van der Waals surface area (Å²) < 4.78 is 5.58. The van der Waals surface area contributed by atoms with Crippen molar-refractivity contribution in [2.45, 2.75) is 59.0 Å². The van der Waals surface area contributed by atoms with Gasteiger partial charge in [0, 0.05) is 29.2 Å². The quantitative estimate of drug-likeness (QED) is 0.751. The van der Waals surface area contributed by atoms with E-state index in [1.807, 2.05) is 26.8 Å². The minimum atomic E-state index is 0.623. The molecule has 2 aliphatic heterocycles. The van der Waals surface area contributed by atoms with Gasteiger partial charge in [0.05, 0.1) is 12.6 Å². The highest BCUT2D eigenvalue weighted by Crippen LogP contribution is 2.42. The minimum Gasteiger partial charge on any atom is -0.496 e. The molecule has 3 nitrogen and oxygen atoms in total. The molecule has 1 aromatic carbocycles. The van der Waals surface area contributed by atoms with Gasteiger partial charge in [-0.05, 0) is 63.4 Å². The zero-order chi connectivity index (χ0) is 18.1. The van der Waals surface area contributed by atoms with Crippen LogP contribution in [0.1, 0.15) is 51.3 Å². The average Bonchev–Trinajstić information content (AvgIpc) is 2.89. The summed E-state index contributed by atoms with van der Waals surface area (Å²) in [6.07, 6.45) is 3.78. The molecule has 1 fully saturated rings. The molecule has 2 aliphatic rings. The van der Waals surface area contributed by atoms with Gasteiger partial charge in [-0.15, -0.1) is 0 Å². The predicted octanol–water partition coefficient (Wildman–Crippen LogP) is 5.22. The molecular formula is C22H30N2O. The van der Waals surface area contributed by atoms with E-state index in [-0.39, 0.29) is 0 Å². The third-order valence-corrected chi connectivity index (χ3v) is 5.72. The first-order valence-electron chi connectivity index (χ1n) is 9.46. The van der Waals surface area contributed by atoms with Crippen LogP contribution in [0.4, 0.5) is 0 Å². The standard InChI is InChI=1S/C20H24N2O.C2H6/c1-12-9-20(23-4)17-10-14(5-7-18(17)21-12)16-11-15-6-8-19(13(16)2)22(15)3;1-2/h5,7,9-10,15,19H,6,8,11H2,1-4H3;1-2H3/t15-,19+;/m1./s1. The number of aromatic nitrogens is 1. The fraction of sp³-hybridized carbons (Fsp3) is 0.500. The van der Waals surface area contributed by atoms with Gasteiger partial charge >= 0.3 is 0 Å². The smallest absolute Gasteiger partial charge is 0.130 e. The fourth-order valence-corrected chi connectivity index (χ4v) is 4.40. The highest BCUT2D eigenvalue weighted by molar-refractivity contribution is 5.89. The van der Waals surface area contributed by atoms with Gasteiger partial charge in [-0.25, -0.2) is 0 Å². The molecule has 3 heteroatoms. The molecule has 2 atom stereocenters. The van der Waals surface area contributed by atoms with Gasteiger partial charge in [-0.1, -0.05) is 25.5 Å². The van der Waals surface area contributed by atoms with Crippen LogP contribution >= 0.6 is 0 Å². The first-order chi connectivity index (χ1) is 12.1. The molecule has 0 spiro atoms. The van der Waals surface area contributed by atoms with E-state index in [0.717, 1.165) is 28.8 Å². The molecule has 0 aliphatic carbocycles. The molecular weight excluding hydrogens is 308 g/mol. The van der Waals surface area contributed by atoms with Crippen LogP contribution in [0, 0.1) is 6.92 Å².